The third-order valence-corrected chi connectivity index (χ3v) is 7.21. The summed E-state index contributed by atoms with van der Waals surface area (Å²) in [5, 5.41) is 0. The molecule has 2 fully saturated rings. The van der Waals surface area contributed by atoms with Crippen molar-refractivity contribution >= 4 is 14.7 Å². The van der Waals surface area contributed by atoms with Crippen LogP contribution in [0.3, 0.4) is 0 Å². The van der Waals surface area contributed by atoms with Gasteiger partial charge in [0, 0.05) is 40.3 Å². The summed E-state index contributed by atoms with van der Waals surface area (Å²) in [6.07, 6.45) is 5.91. The third-order valence-electron chi connectivity index (χ3n) is 4.38. The number of rotatable bonds is 8. The molecule has 0 bridgehead atoms. The fourth-order valence-electron chi connectivity index (χ4n) is 2.97. The summed E-state index contributed by atoms with van der Waals surface area (Å²) in [6.45, 7) is 0.840. The van der Waals surface area contributed by atoms with E-state index >= 15 is 0 Å². The summed E-state index contributed by atoms with van der Waals surface area (Å²) in [5.74, 6) is 0.245. The fourth-order valence-corrected chi connectivity index (χ4v) is 4.72. The van der Waals surface area contributed by atoms with Crippen LogP contribution in [-0.2, 0) is 22.8 Å². The van der Waals surface area contributed by atoms with Gasteiger partial charge in [0.1, 0.15) is 6.10 Å². The second-order valence-corrected chi connectivity index (χ2v) is 8.74. The molecule has 2 aliphatic rings. The van der Waals surface area contributed by atoms with Crippen LogP contribution in [0.1, 0.15) is 38.5 Å². The van der Waals surface area contributed by atoms with Crippen LogP contribution in [0.5, 0.6) is 0 Å². The molecule has 7 heteroatoms. The molecule has 1 amide bonds. The van der Waals surface area contributed by atoms with Crippen LogP contribution in [-0.4, -0.2) is 59.8 Å². The summed E-state index contributed by atoms with van der Waals surface area (Å²) in [5.41, 5.74) is 0. The predicted octanol–water partition coefficient (Wildman–Crippen LogP) is 1.77. The van der Waals surface area contributed by atoms with E-state index in [0.29, 0.717) is 6.42 Å². The molecule has 0 N–H and O–H groups in total. The second-order valence-electron chi connectivity index (χ2n) is 5.65. The van der Waals surface area contributed by atoms with Crippen molar-refractivity contribution in [1.82, 2.24) is 4.90 Å². The molecule has 0 aliphatic carbocycles. The number of hydrogen-bond donors (Lipinski definition) is 0. The summed E-state index contributed by atoms with van der Waals surface area (Å²) in [6, 6.07) is 0.775. The number of amides is 1. The lowest BCUT2D eigenvalue weighted by atomic mass is 10.2. The van der Waals surface area contributed by atoms with Gasteiger partial charge in [-0.25, -0.2) is 0 Å². The van der Waals surface area contributed by atoms with Gasteiger partial charge in [-0.1, -0.05) is 6.42 Å². The lowest BCUT2D eigenvalue weighted by molar-refractivity contribution is -0.132. The van der Waals surface area contributed by atoms with Gasteiger partial charge in [0.15, 0.2) is 6.23 Å². The molecule has 6 nitrogen and oxygen atoms in total. The minimum absolute atomic E-state index is 0.000647. The van der Waals surface area contributed by atoms with Gasteiger partial charge in [-0.3, -0.25) is 4.79 Å². The van der Waals surface area contributed by atoms with E-state index in [1.807, 2.05) is 4.90 Å². The number of carbonyl (C=O) groups excluding carboxylic acids is 1. The highest BCUT2D eigenvalue weighted by atomic mass is 28.4. The van der Waals surface area contributed by atoms with E-state index in [1.54, 1.807) is 21.3 Å². The van der Waals surface area contributed by atoms with Crippen molar-refractivity contribution in [3.05, 3.63) is 0 Å². The van der Waals surface area contributed by atoms with Crippen LogP contribution in [0.4, 0.5) is 0 Å². The van der Waals surface area contributed by atoms with E-state index < -0.39 is 8.80 Å². The first kappa shape index (κ1) is 16.9. The average molecular weight is 317 g/mol. The molecular formula is C14H27NO5Si. The maximum Gasteiger partial charge on any atom is 0.500 e. The molecule has 0 aromatic carbocycles. The molecule has 2 aliphatic heterocycles. The Balaban J connectivity index is 1.73. The topological polar surface area (TPSA) is 60.5 Å². The minimum Gasteiger partial charge on any atom is -0.377 e. The lowest BCUT2D eigenvalue weighted by Crippen LogP contribution is -2.42. The molecule has 2 heterocycles. The first-order valence-corrected chi connectivity index (χ1v) is 9.69. The molecule has 2 rings (SSSR count). The zero-order valence-corrected chi connectivity index (χ0v) is 14.3. The Bertz CT molecular complexity index is 342. The van der Waals surface area contributed by atoms with E-state index in [1.165, 1.54) is 0 Å². The number of epoxide rings is 1. The Kier molecular flexibility index (Phi) is 6.18. The van der Waals surface area contributed by atoms with Gasteiger partial charge < -0.3 is 22.9 Å². The molecule has 0 spiro atoms. The van der Waals surface area contributed by atoms with Crippen molar-refractivity contribution in [3.63, 3.8) is 0 Å². The van der Waals surface area contributed by atoms with E-state index in [4.69, 9.17) is 18.0 Å². The Morgan fingerprint density at radius 2 is 1.90 bits per heavy atom. The van der Waals surface area contributed by atoms with E-state index in [2.05, 4.69) is 0 Å². The summed E-state index contributed by atoms with van der Waals surface area (Å²) < 4.78 is 21.9. The van der Waals surface area contributed by atoms with Gasteiger partial charge in [-0.05, 0) is 25.7 Å². The number of likely N-dealkylation sites (tertiary alicyclic amines) is 1. The molecule has 2 unspecified atom stereocenters. The maximum absolute atomic E-state index is 12.0. The summed E-state index contributed by atoms with van der Waals surface area (Å²) in [7, 11) is 2.42. The van der Waals surface area contributed by atoms with Gasteiger partial charge in [-0.15, -0.1) is 0 Å². The number of carbonyl (C=O) groups is 1. The van der Waals surface area contributed by atoms with Crippen LogP contribution in [0, 0.1) is 0 Å². The van der Waals surface area contributed by atoms with Crippen molar-refractivity contribution in [1.29, 1.82) is 0 Å². The normalized spacial score (nSPS) is 26.8. The molecule has 21 heavy (non-hydrogen) atoms. The maximum atomic E-state index is 12.0. The quantitative estimate of drug-likeness (QED) is 0.504. The molecule has 0 saturated carbocycles. The summed E-state index contributed by atoms with van der Waals surface area (Å²) in [4.78, 5) is 13.9. The highest BCUT2D eigenvalue weighted by Crippen LogP contribution is 2.33. The highest BCUT2D eigenvalue weighted by molar-refractivity contribution is 6.60. The Labute approximate surface area is 128 Å². The van der Waals surface area contributed by atoms with Crippen molar-refractivity contribution in [2.75, 3.05) is 27.9 Å². The Hall–Kier alpha value is -0.473. The zero-order valence-electron chi connectivity index (χ0n) is 13.3. The Morgan fingerprint density at radius 3 is 2.57 bits per heavy atom. The smallest absolute Gasteiger partial charge is 0.377 e. The van der Waals surface area contributed by atoms with Crippen LogP contribution < -0.4 is 0 Å². The van der Waals surface area contributed by atoms with Gasteiger partial charge >= 0.3 is 8.80 Å². The number of hydrogen-bond acceptors (Lipinski definition) is 5. The van der Waals surface area contributed by atoms with Crippen molar-refractivity contribution in [3.8, 4) is 0 Å². The molecule has 0 radical (unpaired) electrons. The van der Waals surface area contributed by atoms with Gasteiger partial charge in [0.05, 0.1) is 0 Å². The first-order valence-electron chi connectivity index (χ1n) is 7.76. The minimum atomic E-state index is -2.48. The van der Waals surface area contributed by atoms with Gasteiger partial charge in [0.2, 0.25) is 5.91 Å². The number of ether oxygens (including phenoxy) is 1. The molecule has 0 aromatic heterocycles. The lowest BCUT2D eigenvalue weighted by Gasteiger charge is -2.24. The van der Waals surface area contributed by atoms with E-state index in [0.717, 1.165) is 44.7 Å². The van der Waals surface area contributed by atoms with Crippen molar-refractivity contribution in [2.45, 2.75) is 56.9 Å². The van der Waals surface area contributed by atoms with Crippen molar-refractivity contribution < 1.29 is 22.8 Å². The predicted molar refractivity (Wildman–Crippen MR) is 79.7 cm³/mol. The van der Waals surface area contributed by atoms with Crippen LogP contribution in [0.15, 0.2) is 0 Å². The van der Waals surface area contributed by atoms with E-state index in [-0.39, 0.29) is 18.2 Å². The third kappa shape index (κ3) is 4.26. The second kappa shape index (κ2) is 7.69. The largest absolute Gasteiger partial charge is 0.500 e. The zero-order chi connectivity index (χ0) is 15.3. The van der Waals surface area contributed by atoms with Gasteiger partial charge in [-0.2, -0.15) is 0 Å². The molecule has 2 saturated heterocycles. The molecule has 0 aromatic rings. The monoisotopic (exact) mass is 317 g/mol. The van der Waals surface area contributed by atoms with Crippen LogP contribution >= 0.6 is 0 Å². The standard InChI is InChI=1S/C14H27NO5Si/c1-17-21(18-2,19-3)11-7-8-12-14(20-12)15-10-6-4-5-9-13(15)16/h12,14H,4-11H2,1-3H3. The fraction of sp³-hybridized carbons (Fsp3) is 0.929. The molecule has 122 valence electrons. The van der Waals surface area contributed by atoms with Crippen LogP contribution in [0.2, 0.25) is 6.04 Å². The SMILES string of the molecule is CO[Si](CCCC1OC1N1CCCCCC1=O)(OC)OC. The molecule has 2 atom stereocenters. The summed E-state index contributed by atoms with van der Waals surface area (Å²) >= 11 is 0. The Morgan fingerprint density at radius 1 is 1.19 bits per heavy atom. The van der Waals surface area contributed by atoms with Crippen LogP contribution in [0.25, 0.3) is 0 Å². The number of nitrogens with zero attached hydrogens (tertiary/aromatic N) is 1. The first-order chi connectivity index (χ1) is 10.2. The highest BCUT2D eigenvalue weighted by Gasteiger charge is 2.46. The van der Waals surface area contributed by atoms with E-state index in [9.17, 15) is 4.79 Å². The molecular weight excluding hydrogens is 290 g/mol. The van der Waals surface area contributed by atoms with Crippen molar-refractivity contribution in [2.24, 2.45) is 0 Å². The van der Waals surface area contributed by atoms with Gasteiger partial charge in [0.25, 0.3) is 0 Å². The average Bonchev–Trinajstić information content (AvgIpc) is 3.28.